The molecule has 1 aromatic heterocycles. The Kier molecular flexibility index (Phi) is 5.39. The van der Waals surface area contributed by atoms with Gasteiger partial charge < -0.3 is 10.0 Å². The molecule has 1 aliphatic rings. The van der Waals surface area contributed by atoms with Crippen molar-refractivity contribution in [2.24, 2.45) is 0 Å². The Balaban J connectivity index is 1.92. The summed E-state index contributed by atoms with van der Waals surface area (Å²) >= 11 is 11.6. The molecule has 1 saturated heterocycles. The average molecular weight is 332 g/mol. The number of hydrogen-bond donors (Lipinski definition) is 1. The maximum atomic E-state index is 12.4. The molecule has 1 fully saturated rings. The van der Waals surface area contributed by atoms with Gasteiger partial charge in [-0.05, 0) is 12.1 Å². The fraction of sp³-hybridized carbons (Fsp3) is 0.462. The Morgan fingerprint density at radius 3 is 2.43 bits per heavy atom. The summed E-state index contributed by atoms with van der Waals surface area (Å²) < 4.78 is 0. The largest absolute Gasteiger partial charge is 0.481 e. The number of aromatic nitrogens is 1. The SMILES string of the molecule is O=C(O)CCN1CCN(C(=O)c2ccc(Cl)nc2Cl)CC1. The Morgan fingerprint density at radius 2 is 1.86 bits per heavy atom. The summed E-state index contributed by atoms with van der Waals surface area (Å²) in [5, 5.41) is 9.01. The van der Waals surface area contributed by atoms with Crippen LogP contribution in [0.2, 0.25) is 10.3 Å². The van der Waals surface area contributed by atoms with Gasteiger partial charge in [0.05, 0.1) is 12.0 Å². The number of nitrogens with zero attached hydrogens (tertiary/aromatic N) is 3. The van der Waals surface area contributed by atoms with Crippen molar-refractivity contribution < 1.29 is 14.7 Å². The van der Waals surface area contributed by atoms with E-state index in [-0.39, 0.29) is 22.6 Å². The Labute approximate surface area is 132 Å². The van der Waals surface area contributed by atoms with Crippen molar-refractivity contribution in [3.8, 4) is 0 Å². The van der Waals surface area contributed by atoms with Gasteiger partial charge in [-0.3, -0.25) is 14.5 Å². The van der Waals surface area contributed by atoms with Crippen molar-refractivity contribution in [3.05, 3.63) is 28.0 Å². The second kappa shape index (κ2) is 7.06. The van der Waals surface area contributed by atoms with Crippen LogP contribution in [0.5, 0.6) is 0 Å². The maximum Gasteiger partial charge on any atom is 0.304 e. The number of carbonyl (C=O) groups is 2. The number of rotatable bonds is 4. The first-order valence-electron chi connectivity index (χ1n) is 6.53. The lowest BCUT2D eigenvalue weighted by Gasteiger charge is -2.34. The van der Waals surface area contributed by atoms with E-state index in [0.29, 0.717) is 38.3 Å². The smallest absolute Gasteiger partial charge is 0.304 e. The molecule has 0 unspecified atom stereocenters. The highest BCUT2D eigenvalue weighted by Crippen LogP contribution is 2.19. The number of halogens is 2. The minimum absolute atomic E-state index is 0.0980. The minimum atomic E-state index is -0.812. The van der Waals surface area contributed by atoms with Crippen LogP contribution < -0.4 is 0 Å². The molecule has 0 spiro atoms. The molecule has 21 heavy (non-hydrogen) atoms. The Morgan fingerprint density at radius 1 is 1.19 bits per heavy atom. The molecule has 0 radical (unpaired) electrons. The topological polar surface area (TPSA) is 73.7 Å². The summed E-state index contributed by atoms with van der Waals surface area (Å²) in [5.74, 6) is -0.991. The molecule has 1 aromatic rings. The molecule has 0 aliphatic carbocycles. The van der Waals surface area contributed by atoms with Crippen LogP contribution in [0.1, 0.15) is 16.8 Å². The van der Waals surface area contributed by atoms with Gasteiger partial charge in [0.25, 0.3) is 5.91 Å². The summed E-state index contributed by atoms with van der Waals surface area (Å²) in [4.78, 5) is 30.5. The van der Waals surface area contributed by atoms with Crippen LogP contribution in [0.15, 0.2) is 12.1 Å². The maximum absolute atomic E-state index is 12.4. The van der Waals surface area contributed by atoms with Gasteiger partial charge in [-0.2, -0.15) is 0 Å². The van der Waals surface area contributed by atoms with Crippen LogP contribution >= 0.6 is 23.2 Å². The quantitative estimate of drug-likeness (QED) is 0.848. The molecule has 0 atom stereocenters. The van der Waals surface area contributed by atoms with Gasteiger partial charge in [0.2, 0.25) is 0 Å². The van der Waals surface area contributed by atoms with Crippen molar-refractivity contribution in [1.29, 1.82) is 0 Å². The molecule has 2 heterocycles. The van der Waals surface area contributed by atoms with Gasteiger partial charge in [0.1, 0.15) is 10.3 Å². The predicted octanol–water partition coefficient (Wildman–Crippen LogP) is 1.62. The molecule has 2 rings (SSSR count). The molecular formula is C13H15Cl2N3O3. The van der Waals surface area contributed by atoms with E-state index >= 15 is 0 Å². The van der Waals surface area contributed by atoms with Crippen molar-refractivity contribution in [2.75, 3.05) is 32.7 Å². The fourth-order valence-electron chi connectivity index (χ4n) is 2.17. The summed E-state index contributed by atoms with van der Waals surface area (Å²) in [5.41, 5.74) is 0.333. The minimum Gasteiger partial charge on any atom is -0.481 e. The molecule has 1 N–H and O–H groups in total. The lowest BCUT2D eigenvalue weighted by molar-refractivity contribution is -0.137. The van der Waals surface area contributed by atoms with E-state index in [9.17, 15) is 9.59 Å². The molecule has 0 bridgehead atoms. The standard InChI is InChI=1S/C13H15Cl2N3O3/c14-10-2-1-9(12(15)16-10)13(21)18-7-5-17(6-8-18)4-3-11(19)20/h1-2H,3-8H2,(H,19,20). The highest BCUT2D eigenvalue weighted by atomic mass is 35.5. The lowest BCUT2D eigenvalue weighted by atomic mass is 10.2. The van der Waals surface area contributed by atoms with Crippen LogP contribution in [-0.2, 0) is 4.79 Å². The van der Waals surface area contributed by atoms with Crippen molar-refractivity contribution in [1.82, 2.24) is 14.8 Å². The number of carbonyl (C=O) groups excluding carboxylic acids is 1. The van der Waals surface area contributed by atoms with E-state index < -0.39 is 5.97 Å². The third kappa shape index (κ3) is 4.30. The van der Waals surface area contributed by atoms with E-state index in [2.05, 4.69) is 4.98 Å². The molecule has 1 amide bonds. The number of amides is 1. The van der Waals surface area contributed by atoms with Gasteiger partial charge in [0, 0.05) is 32.7 Å². The molecule has 0 aromatic carbocycles. The number of piperazine rings is 1. The lowest BCUT2D eigenvalue weighted by Crippen LogP contribution is -2.49. The third-order valence-electron chi connectivity index (χ3n) is 3.35. The van der Waals surface area contributed by atoms with E-state index in [1.165, 1.54) is 6.07 Å². The highest BCUT2D eigenvalue weighted by molar-refractivity contribution is 6.34. The number of pyridine rings is 1. The number of hydrogen-bond acceptors (Lipinski definition) is 4. The zero-order valence-electron chi connectivity index (χ0n) is 11.3. The first-order chi connectivity index (χ1) is 9.97. The molecule has 8 heteroatoms. The van der Waals surface area contributed by atoms with E-state index in [1.54, 1.807) is 11.0 Å². The fourth-order valence-corrected chi connectivity index (χ4v) is 2.60. The number of aliphatic carboxylic acids is 1. The molecule has 1 aliphatic heterocycles. The molecule has 0 saturated carbocycles. The average Bonchev–Trinajstić information content (AvgIpc) is 2.45. The van der Waals surface area contributed by atoms with Gasteiger partial charge in [0.15, 0.2) is 0 Å². The van der Waals surface area contributed by atoms with E-state index in [0.717, 1.165) is 0 Å². The van der Waals surface area contributed by atoms with Gasteiger partial charge in [-0.25, -0.2) is 4.98 Å². The summed E-state index contributed by atoms with van der Waals surface area (Å²) in [6, 6.07) is 3.10. The van der Waals surface area contributed by atoms with Gasteiger partial charge in [-0.15, -0.1) is 0 Å². The number of carboxylic acid groups (broad SMARTS) is 1. The molecular weight excluding hydrogens is 317 g/mol. The zero-order chi connectivity index (χ0) is 15.4. The second-order valence-corrected chi connectivity index (χ2v) is 5.50. The van der Waals surface area contributed by atoms with Crippen LogP contribution in [0.3, 0.4) is 0 Å². The molecule has 6 nitrogen and oxygen atoms in total. The normalized spacial score (nSPS) is 16.0. The van der Waals surface area contributed by atoms with Gasteiger partial charge in [-0.1, -0.05) is 23.2 Å². The van der Waals surface area contributed by atoms with Crippen LogP contribution in [-0.4, -0.2) is 64.5 Å². The van der Waals surface area contributed by atoms with Crippen LogP contribution in [0.4, 0.5) is 0 Å². The molecule has 114 valence electrons. The highest BCUT2D eigenvalue weighted by Gasteiger charge is 2.24. The third-order valence-corrected chi connectivity index (χ3v) is 3.85. The zero-order valence-corrected chi connectivity index (χ0v) is 12.8. The summed E-state index contributed by atoms with van der Waals surface area (Å²) in [6.07, 6.45) is 0.112. The monoisotopic (exact) mass is 331 g/mol. The summed E-state index contributed by atoms with van der Waals surface area (Å²) in [6.45, 7) is 2.88. The van der Waals surface area contributed by atoms with Gasteiger partial charge >= 0.3 is 5.97 Å². The van der Waals surface area contributed by atoms with Crippen LogP contribution in [0, 0.1) is 0 Å². The predicted molar refractivity (Wildman–Crippen MR) is 78.9 cm³/mol. The Hall–Kier alpha value is -1.37. The van der Waals surface area contributed by atoms with E-state index in [4.69, 9.17) is 28.3 Å². The van der Waals surface area contributed by atoms with E-state index in [1.807, 2.05) is 4.90 Å². The van der Waals surface area contributed by atoms with Crippen molar-refractivity contribution in [3.63, 3.8) is 0 Å². The number of carboxylic acids is 1. The first-order valence-corrected chi connectivity index (χ1v) is 7.28. The van der Waals surface area contributed by atoms with Crippen molar-refractivity contribution in [2.45, 2.75) is 6.42 Å². The van der Waals surface area contributed by atoms with Crippen molar-refractivity contribution >= 4 is 35.1 Å². The Bertz CT molecular complexity index is 545. The first kappa shape index (κ1) is 16.0. The summed E-state index contributed by atoms with van der Waals surface area (Å²) in [7, 11) is 0. The second-order valence-electron chi connectivity index (χ2n) is 4.75. The van der Waals surface area contributed by atoms with Crippen LogP contribution in [0.25, 0.3) is 0 Å².